The first-order chi connectivity index (χ1) is 8.36. The van der Waals surface area contributed by atoms with Gasteiger partial charge in [0.05, 0.1) is 17.2 Å². The lowest BCUT2D eigenvalue weighted by atomic mass is 10.0. The lowest BCUT2D eigenvalue weighted by molar-refractivity contribution is 0.283. The fourth-order valence-corrected chi connectivity index (χ4v) is 3.23. The van der Waals surface area contributed by atoms with Gasteiger partial charge in [-0.15, -0.1) is 0 Å². The van der Waals surface area contributed by atoms with E-state index >= 15 is 0 Å². The summed E-state index contributed by atoms with van der Waals surface area (Å²) in [5.74, 6) is 1.05. The molecule has 0 aromatic carbocycles. The van der Waals surface area contributed by atoms with Gasteiger partial charge in [-0.25, -0.2) is 4.98 Å². The Bertz CT molecular complexity index is 374. The van der Waals surface area contributed by atoms with Gasteiger partial charge in [0.15, 0.2) is 5.13 Å². The zero-order valence-corrected chi connectivity index (χ0v) is 13.2. The molecular formula is C14H26N2OS. The highest BCUT2D eigenvalue weighted by atomic mass is 32.1. The molecule has 1 unspecified atom stereocenters. The number of hydrogen-bond acceptors (Lipinski definition) is 4. The molecule has 0 saturated carbocycles. The van der Waals surface area contributed by atoms with Crippen molar-refractivity contribution >= 4 is 16.5 Å². The molecule has 4 heteroatoms. The van der Waals surface area contributed by atoms with E-state index in [4.69, 9.17) is 4.98 Å². The Balaban J connectivity index is 2.89. The van der Waals surface area contributed by atoms with E-state index in [2.05, 4.69) is 46.6 Å². The van der Waals surface area contributed by atoms with Crippen LogP contribution in [0.3, 0.4) is 0 Å². The first-order valence-electron chi connectivity index (χ1n) is 6.70. The zero-order chi connectivity index (χ0) is 13.9. The Morgan fingerprint density at radius 1 is 1.22 bits per heavy atom. The highest BCUT2D eigenvalue weighted by Gasteiger charge is 2.19. The molecular weight excluding hydrogens is 244 g/mol. The van der Waals surface area contributed by atoms with Crippen molar-refractivity contribution in [1.82, 2.24) is 4.98 Å². The van der Waals surface area contributed by atoms with E-state index in [0.29, 0.717) is 17.9 Å². The standard InChI is InChI=1S/C14H26N2OS/c1-9(2)7-11(5)16(6)14-15-13(10(3)4)12(8-17)18-14/h9-11,17H,7-8H2,1-6H3. The second-order valence-electron chi connectivity index (χ2n) is 5.71. The van der Waals surface area contributed by atoms with Gasteiger partial charge < -0.3 is 10.0 Å². The number of nitrogens with zero attached hydrogens (tertiary/aromatic N) is 2. The molecule has 0 fully saturated rings. The number of aliphatic hydroxyl groups excluding tert-OH is 1. The quantitative estimate of drug-likeness (QED) is 0.857. The molecule has 1 atom stereocenters. The predicted octanol–water partition coefficient (Wildman–Crippen LogP) is 3.63. The smallest absolute Gasteiger partial charge is 0.185 e. The topological polar surface area (TPSA) is 36.4 Å². The summed E-state index contributed by atoms with van der Waals surface area (Å²) >= 11 is 1.62. The van der Waals surface area contributed by atoms with Crippen LogP contribution in [0, 0.1) is 5.92 Å². The van der Waals surface area contributed by atoms with Crippen molar-refractivity contribution < 1.29 is 5.11 Å². The molecule has 0 radical (unpaired) electrons. The van der Waals surface area contributed by atoms with Crippen molar-refractivity contribution in [3.63, 3.8) is 0 Å². The molecule has 1 N–H and O–H groups in total. The van der Waals surface area contributed by atoms with Gasteiger partial charge >= 0.3 is 0 Å². The Morgan fingerprint density at radius 2 is 1.83 bits per heavy atom. The summed E-state index contributed by atoms with van der Waals surface area (Å²) in [6.45, 7) is 11.0. The van der Waals surface area contributed by atoms with E-state index in [9.17, 15) is 5.11 Å². The van der Waals surface area contributed by atoms with Gasteiger partial charge in [-0.3, -0.25) is 0 Å². The molecule has 18 heavy (non-hydrogen) atoms. The maximum absolute atomic E-state index is 9.40. The minimum Gasteiger partial charge on any atom is -0.391 e. The number of anilines is 1. The van der Waals surface area contributed by atoms with E-state index in [1.54, 1.807) is 11.3 Å². The summed E-state index contributed by atoms with van der Waals surface area (Å²) in [5.41, 5.74) is 1.04. The molecule has 0 bridgehead atoms. The third-order valence-corrected chi connectivity index (χ3v) is 4.33. The number of rotatable bonds is 6. The third kappa shape index (κ3) is 3.69. The molecule has 0 aliphatic heterocycles. The van der Waals surface area contributed by atoms with Crippen LogP contribution in [0.25, 0.3) is 0 Å². The molecule has 1 aromatic rings. The fourth-order valence-electron chi connectivity index (χ4n) is 2.09. The van der Waals surface area contributed by atoms with E-state index in [1.807, 2.05) is 0 Å². The monoisotopic (exact) mass is 270 g/mol. The van der Waals surface area contributed by atoms with Crippen LogP contribution >= 0.6 is 11.3 Å². The van der Waals surface area contributed by atoms with Gasteiger partial charge in [0.2, 0.25) is 0 Å². The third-order valence-electron chi connectivity index (χ3n) is 3.18. The lowest BCUT2D eigenvalue weighted by Crippen LogP contribution is -2.29. The maximum atomic E-state index is 9.40. The largest absolute Gasteiger partial charge is 0.391 e. The average molecular weight is 270 g/mol. The van der Waals surface area contributed by atoms with Crippen molar-refractivity contribution in [3.05, 3.63) is 10.6 Å². The Kier molecular flexibility index (Phi) is 5.60. The van der Waals surface area contributed by atoms with Crippen LogP contribution in [-0.2, 0) is 6.61 Å². The van der Waals surface area contributed by atoms with Gasteiger partial charge in [-0.2, -0.15) is 0 Å². The van der Waals surface area contributed by atoms with Crippen LogP contribution in [0.5, 0.6) is 0 Å². The average Bonchev–Trinajstić information content (AvgIpc) is 2.70. The molecule has 104 valence electrons. The van der Waals surface area contributed by atoms with Gasteiger partial charge in [0.25, 0.3) is 0 Å². The van der Waals surface area contributed by atoms with Crippen LogP contribution in [0.4, 0.5) is 5.13 Å². The first kappa shape index (κ1) is 15.4. The zero-order valence-electron chi connectivity index (χ0n) is 12.4. The molecule has 0 aliphatic carbocycles. The molecule has 0 saturated heterocycles. The second-order valence-corrected chi connectivity index (χ2v) is 6.77. The van der Waals surface area contributed by atoms with Gasteiger partial charge in [-0.1, -0.05) is 39.0 Å². The van der Waals surface area contributed by atoms with Gasteiger partial charge in [0, 0.05) is 13.1 Å². The molecule has 0 aliphatic rings. The van der Waals surface area contributed by atoms with Crippen molar-refractivity contribution in [2.24, 2.45) is 5.92 Å². The molecule has 1 rings (SSSR count). The summed E-state index contributed by atoms with van der Waals surface area (Å²) in [5, 5.41) is 10.4. The SMILES string of the molecule is CC(C)CC(C)N(C)c1nc(C(C)C)c(CO)s1. The van der Waals surface area contributed by atoms with E-state index < -0.39 is 0 Å². The minimum absolute atomic E-state index is 0.0948. The van der Waals surface area contributed by atoms with Crippen LogP contribution < -0.4 is 4.90 Å². The molecule has 0 amide bonds. The Labute approximate surface area is 115 Å². The van der Waals surface area contributed by atoms with Crippen LogP contribution in [0.2, 0.25) is 0 Å². The maximum Gasteiger partial charge on any atom is 0.185 e. The molecule has 3 nitrogen and oxygen atoms in total. The molecule has 1 heterocycles. The molecule has 0 spiro atoms. The van der Waals surface area contributed by atoms with Crippen LogP contribution in [-0.4, -0.2) is 23.2 Å². The summed E-state index contributed by atoms with van der Waals surface area (Å²) in [6.07, 6.45) is 1.15. The first-order valence-corrected chi connectivity index (χ1v) is 7.51. The molecule has 1 aromatic heterocycles. The Hall–Kier alpha value is -0.610. The van der Waals surface area contributed by atoms with Crippen molar-refractivity contribution in [1.29, 1.82) is 0 Å². The summed E-state index contributed by atoms with van der Waals surface area (Å²) in [7, 11) is 2.09. The number of aromatic nitrogens is 1. The number of thiazole rings is 1. The summed E-state index contributed by atoms with van der Waals surface area (Å²) in [6, 6.07) is 0.475. The van der Waals surface area contributed by atoms with E-state index in [-0.39, 0.29) is 6.61 Å². The number of hydrogen-bond donors (Lipinski definition) is 1. The van der Waals surface area contributed by atoms with Gasteiger partial charge in [0.1, 0.15) is 0 Å². The summed E-state index contributed by atoms with van der Waals surface area (Å²) < 4.78 is 0. The van der Waals surface area contributed by atoms with E-state index in [1.165, 1.54) is 0 Å². The Morgan fingerprint density at radius 3 is 2.22 bits per heavy atom. The highest BCUT2D eigenvalue weighted by Crippen LogP contribution is 2.31. The second kappa shape index (κ2) is 6.53. The lowest BCUT2D eigenvalue weighted by Gasteiger charge is -2.25. The predicted molar refractivity (Wildman–Crippen MR) is 79.4 cm³/mol. The van der Waals surface area contributed by atoms with Crippen LogP contribution in [0.15, 0.2) is 0 Å². The number of aliphatic hydroxyl groups is 1. The van der Waals surface area contributed by atoms with Crippen LogP contribution in [0.1, 0.15) is 57.5 Å². The fraction of sp³-hybridized carbons (Fsp3) is 0.786. The summed E-state index contributed by atoms with van der Waals surface area (Å²) in [4.78, 5) is 7.93. The van der Waals surface area contributed by atoms with Gasteiger partial charge in [-0.05, 0) is 25.2 Å². The van der Waals surface area contributed by atoms with Crippen molar-refractivity contribution in [2.75, 3.05) is 11.9 Å². The highest BCUT2D eigenvalue weighted by molar-refractivity contribution is 7.15. The van der Waals surface area contributed by atoms with Crippen molar-refractivity contribution in [3.8, 4) is 0 Å². The minimum atomic E-state index is 0.0948. The van der Waals surface area contributed by atoms with Crippen molar-refractivity contribution in [2.45, 2.75) is 59.6 Å². The normalized spacial score (nSPS) is 13.4. The van der Waals surface area contributed by atoms with E-state index in [0.717, 1.165) is 22.1 Å².